The van der Waals surface area contributed by atoms with Gasteiger partial charge in [-0.15, -0.1) is 11.8 Å². The van der Waals surface area contributed by atoms with Gasteiger partial charge in [0.25, 0.3) is 0 Å². The van der Waals surface area contributed by atoms with Crippen LogP contribution < -0.4 is 0 Å². The van der Waals surface area contributed by atoms with Crippen LogP contribution >= 0.6 is 23.5 Å². The van der Waals surface area contributed by atoms with Gasteiger partial charge in [0.15, 0.2) is 0 Å². The molecule has 2 heterocycles. The third kappa shape index (κ3) is 5.65. The van der Waals surface area contributed by atoms with Gasteiger partial charge >= 0.3 is 5.97 Å². The summed E-state index contributed by atoms with van der Waals surface area (Å²) in [5, 5.41) is 19.8. The number of hydrogen-bond donors (Lipinski definition) is 2. The van der Waals surface area contributed by atoms with Gasteiger partial charge in [0.1, 0.15) is 0 Å². The maximum atomic E-state index is 12.3. The van der Waals surface area contributed by atoms with E-state index in [-0.39, 0.29) is 11.3 Å². The van der Waals surface area contributed by atoms with Crippen molar-refractivity contribution in [1.82, 2.24) is 4.90 Å². The van der Waals surface area contributed by atoms with Crippen LogP contribution in [0.4, 0.5) is 0 Å². The highest BCUT2D eigenvalue weighted by atomic mass is 32.2. The molecule has 2 fully saturated rings. The van der Waals surface area contributed by atoms with E-state index < -0.39 is 11.6 Å². The highest BCUT2D eigenvalue weighted by Gasteiger charge is 2.35. The van der Waals surface area contributed by atoms with E-state index >= 15 is 0 Å². The molecule has 5 nitrogen and oxygen atoms in total. The minimum atomic E-state index is -0.906. The van der Waals surface area contributed by atoms with E-state index in [4.69, 9.17) is 5.11 Å². The van der Waals surface area contributed by atoms with Crippen molar-refractivity contribution < 1.29 is 19.8 Å². The lowest BCUT2D eigenvalue weighted by atomic mass is 9.92. The Hall–Kier alpha value is -1.18. The predicted octanol–water partition coefficient (Wildman–Crippen LogP) is 3.26. The van der Waals surface area contributed by atoms with Crippen molar-refractivity contribution in [3.8, 4) is 0 Å². The maximum absolute atomic E-state index is 12.3. The molecular formula is C20H27NO4S2. The van der Waals surface area contributed by atoms with Crippen LogP contribution in [-0.2, 0) is 11.2 Å². The van der Waals surface area contributed by atoms with Gasteiger partial charge in [-0.3, -0.25) is 4.79 Å². The van der Waals surface area contributed by atoms with Gasteiger partial charge in [-0.1, -0.05) is 12.1 Å². The van der Waals surface area contributed by atoms with E-state index in [1.165, 1.54) is 0 Å². The van der Waals surface area contributed by atoms with Crippen LogP contribution in [0.5, 0.6) is 0 Å². The third-order valence-corrected chi connectivity index (χ3v) is 7.70. The molecule has 2 aliphatic rings. The molecule has 1 atom stereocenters. The topological polar surface area (TPSA) is 77.8 Å². The Morgan fingerprint density at radius 1 is 1.22 bits per heavy atom. The van der Waals surface area contributed by atoms with Crippen LogP contribution in [0.3, 0.4) is 0 Å². The molecule has 148 valence electrons. The first-order valence-electron chi connectivity index (χ1n) is 9.50. The number of carbonyl (C=O) groups is 2. The zero-order valence-electron chi connectivity index (χ0n) is 15.4. The molecule has 0 spiro atoms. The Balaban J connectivity index is 1.46. The van der Waals surface area contributed by atoms with Crippen molar-refractivity contribution in [2.45, 2.75) is 49.5 Å². The smallest absolute Gasteiger partial charge is 0.335 e. The quantitative estimate of drug-likeness (QED) is 0.686. The lowest BCUT2D eigenvalue weighted by Gasteiger charge is -2.34. The summed E-state index contributed by atoms with van der Waals surface area (Å²) in [6.07, 6.45) is 5.07. The number of nitrogens with zero attached hydrogens (tertiary/aromatic N) is 1. The molecule has 27 heavy (non-hydrogen) atoms. The Bertz CT molecular complexity index is 658. The number of carboxylic acids is 1. The molecule has 3 rings (SSSR count). The molecule has 1 unspecified atom stereocenters. The van der Waals surface area contributed by atoms with Crippen LogP contribution in [0.2, 0.25) is 0 Å². The molecule has 1 aromatic rings. The second kappa shape index (κ2) is 9.34. The van der Waals surface area contributed by atoms with Crippen molar-refractivity contribution in [2.24, 2.45) is 0 Å². The number of rotatable bonds is 8. The minimum Gasteiger partial charge on any atom is -0.478 e. The van der Waals surface area contributed by atoms with E-state index in [1.807, 2.05) is 28.8 Å². The standard InChI is InChI=1S/C20H27NO4S2/c22-17-14-27-18(21(17)11-8-20(25)9-12-26-13-10-20)3-1-2-15-4-6-16(7-5-15)19(23)24/h4-7,18,25H,1-3,8-14H2,(H,23,24). The Kier molecular flexibility index (Phi) is 7.11. The fourth-order valence-electron chi connectivity index (χ4n) is 3.63. The molecule has 2 saturated heterocycles. The summed E-state index contributed by atoms with van der Waals surface area (Å²) < 4.78 is 0. The first kappa shape index (κ1) is 20.6. The summed E-state index contributed by atoms with van der Waals surface area (Å²) in [6, 6.07) is 7.01. The van der Waals surface area contributed by atoms with Crippen LogP contribution in [0.1, 0.15) is 48.0 Å². The Morgan fingerprint density at radius 3 is 2.59 bits per heavy atom. The van der Waals surface area contributed by atoms with Crippen molar-refractivity contribution >= 4 is 35.4 Å². The predicted molar refractivity (Wildman–Crippen MR) is 110 cm³/mol. The van der Waals surface area contributed by atoms with Crippen LogP contribution in [0.25, 0.3) is 0 Å². The molecule has 0 radical (unpaired) electrons. The van der Waals surface area contributed by atoms with Crippen LogP contribution in [-0.4, -0.2) is 61.8 Å². The summed E-state index contributed by atoms with van der Waals surface area (Å²) in [5.41, 5.74) is 0.825. The van der Waals surface area contributed by atoms with Gasteiger partial charge in [-0.05, 0) is 67.7 Å². The Morgan fingerprint density at radius 2 is 1.93 bits per heavy atom. The largest absolute Gasteiger partial charge is 0.478 e. The molecule has 2 aliphatic heterocycles. The number of benzene rings is 1. The number of thioether (sulfide) groups is 2. The molecule has 0 saturated carbocycles. The molecule has 2 N–H and O–H groups in total. The van der Waals surface area contributed by atoms with E-state index in [9.17, 15) is 14.7 Å². The summed E-state index contributed by atoms with van der Waals surface area (Å²) in [4.78, 5) is 25.1. The van der Waals surface area contributed by atoms with Gasteiger partial charge in [0, 0.05) is 6.54 Å². The Labute approximate surface area is 168 Å². The number of amides is 1. The highest BCUT2D eigenvalue weighted by Crippen LogP contribution is 2.33. The number of carbonyl (C=O) groups excluding carboxylic acids is 1. The SMILES string of the molecule is O=C(O)c1ccc(CCCC2SCC(=O)N2CCC2(O)CCSCC2)cc1. The van der Waals surface area contributed by atoms with E-state index in [2.05, 4.69) is 0 Å². The van der Waals surface area contributed by atoms with Crippen molar-refractivity contribution in [3.63, 3.8) is 0 Å². The van der Waals surface area contributed by atoms with Crippen molar-refractivity contribution in [1.29, 1.82) is 0 Å². The summed E-state index contributed by atoms with van der Waals surface area (Å²) in [7, 11) is 0. The average molecular weight is 410 g/mol. The summed E-state index contributed by atoms with van der Waals surface area (Å²) in [6.45, 7) is 0.644. The first-order valence-corrected chi connectivity index (χ1v) is 11.7. The zero-order chi connectivity index (χ0) is 19.3. The molecule has 0 bridgehead atoms. The number of hydrogen-bond acceptors (Lipinski definition) is 5. The lowest BCUT2D eigenvalue weighted by molar-refractivity contribution is -0.128. The van der Waals surface area contributed by atoms with E-state index in [1.54, 1.807) is 23.9 Å². The molecule has 1 aromatic carbocycles. The van der Waals surface area contributed by atoms with Gasteiger partial charge in [0.05, 0.1) is 22.3 Å². The monoisotopic (exact) mass is 409 g/mol. The minimum absolute atomic E-state index is 0.185. The van der Waals surface area contributed by atoms with E-state index in [0.717, 1.165) is 49.2 Å². The molecule has 1 amide bonds. The van der Waals surface area contributed by atoms with Crippen LogP contribution in [0, 0.1) is 0 Å². The number of aliphatic hydroxyl groups is 1. The molecular weight excluding hydrogens is 382 g/mol. The van der Waals surface area contributed by atoms with Gasteiger partial charge < -0.3 is 15.1 Å². The second-order valence-electron chi connectivity index (χ2n) is 7.33. The van der Waals surface area contributed by atoms with Crippen molar-refractivity contribution in [3.05, 3.63) is 35.4 Å². The summed E-state index contributed by atoms with van der Waals surface area (Å²) in [5.74, 6) is 1.82. The molecule has 7 heteroatoms. The maximum Gasteiger partial charge on any atom is 0.335 e. The highest BCUT2D eigenvalue weighted by molar-refractivity contribution is 8.01. The molecule has 0 aromatic heterocycles. The fourth-order valence-corrected chi connectivity index (χ4v) is 6.12. The normalized spacial score (nSPS) is 22.2. The fraction of sp³-hybridized carbons (Fsp3) is 0.600. The van der Waals surface area contributed by atoms with Crippen LogP contribution in [0.15, 0.2) is 24.3 Å². The third-order valence-electron chi connectivity index (χ3n) is 5.43. The number of aryl methyl sites for hydroxylation is 1. The van der Waals surface area contributed by atoms with Gasteiger partial charge in [-0.25, -0.2) is 4.79 Å². The van der Waals surface area contributed by atoms with E-state index in [0.29, 0.717) is 24.3 Å². The number of carboxylic acid groups (broad SMARTS) is 1. The van der Waals surface area contributed by atoms with Gasteiger partial charge in [-0.2, -0.15) is 11.8 Å². The van der Waals surface area contributed by atoms with Crippen molar-refractivity contribution in [2.75, 3.05) is 23.8 Å². The van der Waals surface area contributed by atoms with Gasteiger partial charge in [0.2, 0.25) is 5.91 Å². The first-order chi connectivity index (χ1) is 13.0. The summed E-state index contributed by atoms with van der Waals surface area (Å²) >= 11 is 3.59. The second-order valence-corrected chi connectivity index (χ2v) is 9.72. The lowest BCUT2D eigenvalue weighted by Crippen LogP contribution is -2.41. The zero-order valence-corrected chi connectivity index (χ0v) is 17.1. The molecule has 0 aliphatic carbocycles. The average Bonchev–Trinajstić information content (AvgIpc) is 3.01. The number of aromatic carboxylic acids is 1.